The molecule has 6 nitrogen and oxygen atoms in total. The van der Waals surface area contributed by atoms with Crippen molar-refractivity contribution >= 4 is 57.9 Å². The Labute approximate surface area is 214 Å². The number of aliphatic carboxylic acids is 1. The molecule has 0 aliphatic rings. The van der Waals surface area contributed by atoms with E-state index in [2.05, 4.69) is 14.8 Å². The van der Waals surface area contributed by atoms with Gasteiger partial charge in [0.15, 0.2) is 0 Å². The molecule has 0 amide bonds. The average molecular weight is 522 g/mol. The van der Waals surface area contributed by atoms with Crippen LogP contribution in [0.4, 0.5) is 0 Å². The smallest absolute Gasteiger partial charge is 0.342 e. The number of thioether (sulfide) groups is 1. The average Bonchev–Trinajstić information content (AvgIpc) is 3.44. The number of fused-ring (bicyclic) bond motifs is 1. The standard InChI is InChI=1S/C26H17Cl2N3O3S/c27-19-10-8-17(9-11-19)24-29-30-26(34-24)35-23(25(32)33)13-18-15-31(22-7-2-1-6-21(18)22)14-16-4-3-5-20(28)12-16/h1-13,15H,14H2,(H,32,33)/b23-13-. The van der Waals surface area contributed by atoms with Crippen molar-refractivity contribution in [3.05, 3.63) is 105 Å². The lowest BCUT2D eigenvalue weighted by molar-refractivity contribution is -0.131. The lowest BCUT2D eigenvalue weighted by Gasteiger charge is -2.05. The molecule has 0 atom stereocenters. The van der Waals surface area contributed by atoms with Gasteiger partial charge in [-0.05, 0) is 65.9 Å². The zero-order valence-corrected chi connectivity index (χ0v) is 20.4. The van der Waals surface area contributed by atoms with Gasteiger partial charge in [0.2, 0.25) is 5.89 Å². The Morgan fingerprint density at radius 1 is 1.00 bits per heavy atom. The molecule has 0 saturated carbocycles. The Morgan fingerprint density at radius 2 is 1.80 bits per heavy atom. The summed E-state index contributed by atoms with van der Waals surface area (Å²) in [7, 11) is 0. The molecule has 0 saturated heterocycles. The first-order chi connectivity index (χ1) is 17.0. The van der Waals surface area contributed by atoms with Crippen LogP contribution in [0.15, 0.2) is 93.5 Å². The second-order valence-electron chi connectivity index (χ2n) is 7.66. The zero-order chi connectivity index (χ0) is 24.4. The first-order valence-corrected chi connectivity index (χ1v) is 12.1. The zero-order valence-electron chi connectivity index (χ0n) is 18.1. The van der Waals surface area contributed by atoms with Crippen LogP contribution in [-0.4, -0.2) is 25.8 Å². The molecule has 174 valence electrons. The summed E-state index contributed by atoms with van der Waals surface area (Å²) in [6.45, 7) is 0.596. The van der Waals surface area contributed by atoms with Crippen LogP contribution in [0.5, 0.6) is 0 Å². The van der Waals surface area contributed by atoms with Crippen LogP contribution < -0.4 is 0 Å². The van der Waals surface area contributed by atoms with Crippen LogP contribution in [0.2, 0.25) is 10.0 Å². The SMILES string of the molecule is O=C(O)/C(=C/c1cn(Cc2cccc(Cl)c2)c2ccccc12)Sc1nnc(-c2ccc(Cl)cc2)o1. The highest BCUT2D eigenvalue weighted by Gasteiger charge is 2.17. The predicted molar refractivity (Wildman–Crippen MR) is 139 cm³/mol. The molecule has 2 heterocycles. The number of aromatic nitrogens is 3. The highest BCUT2D eigenvalue weighted by atomic mass is 35.5. The molecule has 3 aromatic carbocycles. The van der Waals surface area contributed by atoms with Gasteiger partial charge >= 0.3 is 5.97 Å². The van der Waals surface area contributed by atoms with E-state index in [0.717, 1.165) is 33.8 Å². The summed E-state index contributed by atoms with van der Waals surface area (Å²) in [5.41, 5.74) is 3.49. The van der Waals surface area contributed by atoms with E-state index in [0.29, 0.717) is 22.2 Å². The van der Waals surface area contributed by atoms with Crippen molar-refractivity contribution < 1.29 is 14.3 Å². The maximum atomic E-state index is 12.1. The summed E-state index contributed by atoms with van der Waals surface area (Å²) in [5, 5.41) is 20.2. The largest absolute Gasteiger partial charge is 0.477 e. The Bertz CT molecular complexity index is 1560. The van der Waals surface area contributed by atoms with E-state index in [-0.39, 0.29) is 16.0 Å². The van der Waals surface area contributed by atoms with Crippen LogP contribution in [-0.2, 0) is 11.3 Å². The van der Waals surface area contributed by atoms with Crippen molar-refractivity contribution in [3.63, 3.8) is 0 Å². The van der Waals surface area contributed by atoms with E-state index in [1.54, 1.807) is 30.3 Å². The lowest BCUT2D eigenvalue weighted by atomic mass is 10.1. The van der Waals surface area contributed by atoms with Gasteiger partial charge in [0.25, 0.3) is 5.22 Å². The molecule has 2 aromatic heterocycles. The topological polar surface area (TPSA) is 81.1 Å². The Morgan fingerprint density at radius 3 is 2.57 bits per heavy atom. The van der Waals surface area contributed by atoms with E-state index in [4.69, 9.17) is 27.6 Å². The molecule has 0 unspecified atom stereocenters. The third-order valence-electron chi connectivity index (χ3n) is 5.25. The Balaban J connectivity index is 1.47. The number of hydrogen-bond acceptors (Lipinski definition) is 5. The lowest BCUT2D eigenvalue weighted by Crippen LogP contribution is -1.98. The molecule has 0 fully saturated rings. The summed E-state index contributed by atoms with van der Waals surface area (Å²) in [5.74, 6) is -0.806. The maximum Gasteiger partial charge on any atom is 0.342 e. The summed E-state index contributed by atoms with van der Waals surface area (Å²) >= 11 is 13.0. The summed E-state index contributed by atoms with van der Waals surface area (Å²) in [6.07, 6.45) is 3.55. The minimum atomic E-state index is -1.09. The van der Waals surface area contributed by atoms with Crippen molar-refractivity contribution in [1.82, 2.24) is 14.8 Å². The highest BCUT2D eigenvalue weighted by Crippen LogP contribution is 2.32. The molecule has 0 radical (unpaired) electrons. The number of carboxylic acid groups (broad SMARTS) is 1. The molecule has 0 aliphatic heterocycles. The quantitative estimate of drug-likeness (QED) is 0.179. The van der Waals surface area contributed by atoms with Gasteiger partial charge in [-0.15, -0.1) is 10.2 Å². The van der Waals surface area contributed by atoms with Crippen LogP contribution in [0.25, 0.3) is 28.4 Å². The first-order valence-electron chi connectivity index (χ1n) is 10.5. The van der Waals surface area contributed by atoms with Gasteiger partial charge in [0.1, 0.15) is 4.91 Å². The van der Waals surface area contributed by atoms with Crippen LogP contribution >= 0.6 is 35.0 Å². The van der Waals surface area contributed by atoms with E-state index < -0.39 is 5.97 Å². The molecule has 0 bridgehead atoms. The van der Waals surface area contributed by atoms with Crippen molar-refractivity contribution in [2.24, 2.45) is 0 Å². The van der Waals surface area contributed by atoms with Crippen molar-refractivity contribution in [1.29, 1.82) is 0 Å². The summed E-state index contributed by atoms with van der Waals surface area (Å²) in [6, 6.07) is 22.4. The molecular weight excluding hydrogens is 505 g/mol. The van der Waals surface area contributed by atoms with Crippen LogP contribution in [0.1, 0.15) is 11.1 Å². The van der Waals surface area contributed by atoms with E-state index in [9.17, 15) is 9.90 Å². The van der Waals surface area contributed by atoms with Gasteiger partial charge in [-0.2, -0.15) is 0 Å². The fraction of sp³-hybridized carbons (Fsp3) is 0.0385. The Hall–Kier alpha value is -3.52. The van der Waals surface area contributed by atoms with Crippen molar-refractivity contribution in [3.8, 4) is 11.5 Å². The monoisotopic (exact) mass is 521 g/mol. The molecule has 5 aromatic rings. The van der Waals surface area contributed by atoms with E-state index >= 15 is 0 Å². The van der Waals surface area contributed by atoms with Crippen LogP contribution in [0, 0.1) is 0 Å². The number of carbonyl (C=O) groups is 1. The van der Waals surface area contributed by atoms with Crippen molar-refractivity contribution in [2.75, 3.05) is 0 Å². The highest BCUT2D eigenvalue weighted by molar-refractivity contribution is 8.03. The number of rotatable bonds is 7. The normalized spacial score (nSPS) is 11.8. The van der Waals surface area contributed by atoms with E-state index in [1.165, 1.54) is 0 Å². The second kappa shape index (κ2) is 10.00. The first kappa shape index (κ1) is 23.2. The summed E-state index contributed by atoms with van der Waals surface area (Å²) in [4.78, 5) is 12.1. The number of halogens is 2. The summed E-state index contributed by atoms with van der Waals surface area (Å²) < 4.78 is 7.76. The maximum absolute atomic E-state index is 12.1. The predicted octanol–water partition coefficient (Wildman–Crippen LogP) is 7.26. The fourth-order valence-electron chi connectivity index (χ4n) is 3.68. The van der Waals surface area contributed by atoms with Gasteiger partial charge in [0.05, 0.1) is 0 Å². The molecular formula is C26H17Cl2N3O3S. The third-order valence-corrected chi connectivity index (χ3v) is 6.59. The molecule has 5 rings (SSSR count). The van der Waals surface area contributed by atoms with E-state index in [1.807, 2.05) is 54.7 Å². The van der Waals surface area contributed by atoms with Gasteiger partial charge in [-0.3, -0.25) is 0 Å². The van der Waals surface area contributed by atoms with Gasteiger partial charge < -0.3 is 14.1 Å². The minimum Gasteiger partial charge on any atom is -0.477 e. The Kier molecular flexibility index (Phi) is 6.63. The molecule has 1 N–H and O–H groups in total. The van der Waals surface area contributed by atoms with Gasteiger partial charge in [-0.1, -0.05) is 53.5 Å². The molecule has 0 spiro atoms. The van der Waals surface area contributed by atoms with Gasteiger partial charge in [-0.25, -0.2) is 4.79 Å². The van der Waals surface area contributed by atoms with Crippen LogP contribution in [0.3, 0.4) is 0 Å². The number of nitrogens with zero attached hydrogens (tertiary/aromatic N) is 3. The molecule has 9 heteroatoms. The number of hydrogen-bond donors (Lipinski definition) is 1. The number of carboxylic acids is 1. The second-order valence-corrected chi connectivity index (χ2v) is 9.52. The van der Waals surface area contributed by atoms with Gasteiger partial charge in [0, 0.05) is 44.8 Å². The van der Waals surface area contributed by atoms with Crippen molar-refractivity contribution in [2.45, 2.75) is 11.8 Å². The number of para-hydroxylation sites is 1. The minimum absolute atomic E-state index is 0.0574. The number of benzene rings is 3. The molecule has 0 aliphatic carbocycles. The molecule has 35 heavy (non-hydrogen) atoms. The fourth-order valence-corrected chi connectivity index (χ4v) is 4.69. The third kappa shape index (κ3) is 5.27.